The largest absolute Gasteiger partial charge is 0.481 e. The Labute approximate surface area is 181 Å². The van der Waals surface area contributed by atoms with Crippen LogP contribution in [0.25, 0.3) is 10.9 Å². The van der Waals surface area contributed by atoms with Gasteiger partial charge < -0.3 is 25.4 Å². The summed E-state index contributed by atoms with van der Waals surface area (Å²) in [5.74, 6) is -2.39. The van der Waals surface area contributed by atoms with Crippen molar-refractivity contribution < 1.29 is 24.6 Å². The number of aryl methyl sites for hydroxylation is 1. The molecule has 0 bridgehead atoms. The van der Waals surface area contributed by atoms with Gasteiger partial charge in [-0.25, -0.2) is 0 Å². The van der Waals surface area contributed by atoms with Crippen LogP contribution in [0.5, 0.6) is 0 Å². The van der Waals surface area contributed by atoms with Crippen LogP contribution in [-0.2, 0) is 27.3 Å². The van der Waals surface area contributed by atoms with Gasteiger partial charge in [0.2, 0.25) is 5.91 Å². The number of primary amides is 1. The molecule has 1 aromatic heterocycles. The Bertz CT molecular complexity index is 971. The molecule has 0 spiro atoms. The van der Waals surface area contributed by atoms with Crippen molar-refractivity contribution in [2.75, 3.05) is 13.6 Å². The average Bonchev–Trinajstić information content (AvgIpc) is 3.05. The average molecular weight is 430 g/mol. The Hall–Kier alpha value is -2.87. The number of likely N-dealkylation sites (tertiary alicyclic amines) is 1. The summed E-state index contributed by atoms with van der Waals surface area (Å²) in [6, 6.07) is 7.18. The summed E-state index contributed by atoms with van der Waals surface area (Å²) in [5.41, 5.74) is 9.89. The van der Waals surface area contributed by atoms with E-state index in [4.69, 9.17) is 15.9 Å². The number of piperidine rings is 1. The van der Waals surface area contributed by atoms with Gasteiger partial charge in [-0.05, 0) is 43.5 Å². The summed E-state index contributed by atoms with van der Waals surface area (Å²) < 4.78 is 2.43. The molecule has 8 heteroatoms. The van der Waals surface area contributed by atoms with Gasteiger partial charge in [0.05, 0.1) is 5.92 Å². The number of nitrogens with zero attached hydrogens (tertiary/aromatic N) is 2. The smallest absolute Gasteiger partial charge is 0.314 e. The number of carbonyl (C=O) groups excluding carboxylic acids is 1. The van der Waals surface area contributed by atoms with Crippen LogP contribution in [0, 0.1) is 5.92 Å². The lowest BCUT2D eigenvalue weighted by Gasteiger charge is -2.44. The van der Waals surface area contributed by atoms with E-state index in [2.05, 4.69) is 47.8 Å². The third kappa shape index (κ3) is 4.90. The molecule has 1 fully saturated rings. The predicted molar refractivity (Wildman–Crippen MR) is 117 cm³/mol. The van der Waals surface area contributed by atoms with Gasteiger partial charge in [-0.15, -0.1) is 0 Å². The van der Waals surface area contributed by atoms with Crippen molar-refractivity contribution in [1.29, 1.82) is 0 Å². The molecule has 4 rings (SSSR count). The first-order chi connectivity index (χ1) is 14.7. The lowest BCUT2D eigenvalue weighted by atomic mass is 9.72. The Morgan fingerprint density at radius 3 is 2.48 bits per heavy atom. The van der Waals surface area contributed by atoms with E-state index in [1.54, 1.807) is 0 Å². The monoisotopic (exact) mass is 429 g/mol. The van der Waals surface area contributed by atoms with E-state index >= 15 is 0 Å². The third-order valence-corrected chi connectivity index (χ3v) is 6.38. The van der Waals surface area contributed by atoms with Crippen LogP contribution < -0.4 is 5.73 Å². The maximum absolute atomic E-state index is 11.8. The summed E-state index contributed by atoms with van der Waals surface area (Å²) in [4.78, 5) is 33.0. The second kappa shape index (κ2) is 9.51. The van der Waals surface area contributed by atoms with Crippen LogP contribution >= 0.6 is 0 Å². The fourth-order valence-corrected chi connectivity index (χ4v) is 4.97. The van der Waals surface area contributed by atoms with Gasteiger partial charge in [0, 0.05) is 42.1 Å². The minimum atomic E-state index is -1.31. The minimum Gasteiger partial charge on any atom is -0.481 e. The number of nitrogens with two attached hydrogens (primary N) is 1. The minimum absolute atomic E-state index is 0.0322. The Morgan fingerprint density at radius 1 is 1.19 bits per heavy atom. The van der Waals surface area contributed by atoms with Crippen molar-refractivity contribution in [3.8, 4) is 0 Å². The molecule has 4 N–H and O–H groups in total. The molecule has 1 amide bonds. The molecule has 1 aliphatic carbocycles. The van der Waals surface area contributed by atoms with Crippen LogP contribution in [0.2, 0.25) is 0 Å². The SMILES string of the molecule is CCCCn1cc2c3c(cccc31)[C@H]1CC(C(N)=O)CN(C)[C@@H]1C2.O=C(O)CC(=O)O. The van der Waals surface area contributed by atoms with E-state index in [-0.39, 0.29) is 11.8 Å². The summed E-state index contributed by atoms with van der Waals surface area (Å²) >= 11 is 0. The van der Waals surface area contributed by atoms with E-state index in [0.717, 1.165) is 25.9 Å². The number of fused-ring (bicyclic) bond motifs is 2. The fraction of sp³-hybridized carbons (Fsp3) is 0.522. The van der Waals surface area contributed by atoms with Gasteiger partial charge in [-0.2, -0.15) is 0 Å². The van der Waals surface area contributed by atoms with Gasteiger partial charge >= 0.3 is 11.9 Å². The number of rotatable bonds is 6. The zero-order valence-corrected chi connectivity index (χ0v) is 18.1. The lowest BCUT2D eigenvalue weighted by molar-refractivity contribution is -0.147. The van der Waals surface area contributed by atoms with Crippen molar-refractivity contribution >= 4 is 28.7 Å². The second-order valence-electron chi connectivity index (χ2n) is 8.56. The first-order valence-corrected chi connectivity index (χ1v) is 10.8. The molecule has 1 unspecified atom stereocenters. The van der Waals surface area contributed by atoms with E-state index in [0.29, 0.717) is 12.0 Å². The molecule has 3 atom stereocenters. The highest BCUT2D eigenvalue weighted by Crippen LogP contribution is 2.44. The molecular formula is C23H31N3O5. The maximum Gasteiger partial charge on any atom is 0.314 e. The number of unbranched alkanes of at least 4 members (excludes halogenated alkanes) is 1. The van der Waals surface area contributed by atoms with Crippen molar-refractivity contribution in [3.63, 3.8) is 0 Å². The van der Waals surface area contributed by atoms with Crippen LogP contribution in [0.4, 0.5) is 0 Å². The molecule has 0 radical (unpaired) electrons. The van der Waals surface area contributed by atoms with E-state index in [9.17, 15) is 14.4 Å². The van der Waals surface area contributed by atoms with Crippen LogP contribution in [0.3, 0.4) is 0 Å². The van der Waals surface area contributed by atoms with E-state index in [1.165, 1.54) is 34.9 Å². The van der Waals surface area contributed by atoms with Crippen LogP contribution in [-0.4, -0.2) is 57.2 Å². The van der Waals surface area contributed by atoms with Crippen molar-refractivity contribution in [2.24, 2.45) is 11.7 Å². The quantitative estimate of drug-likeness (QED) is 0.606. The topological polar surface area (TPSA) is 126 Å². The molecule has 0 saturated carbocycles. The molecule has 168 valence electrons. The Balaban J connectivity index is 0.000000339. The highest BCUT2D eigenvalue weighted by molar-refractivity contribution is 5.89. The summed E-state index contributed by atoms with van der Waals surface area (Å²) in [6.07, 6.45) is 5.96. The standard InChI is InChI=1S/C20H27N3O.C3H4O4/c1-3-4-8-23-12-13-10-18-16(9-14(20(21)24)11-22(18)2)15-6-5-7-17(23)19(13)15;4-2(5)1-3(6)7/h5-7,12,14,16,18H,3-4,8-11H2,1-2H3,(H2,21,24);1H2,(H,4,5)(H,6,7)/t14?,16-,18-;/m1./s1. The number of hydrogen-bond acceptors (Lipinski definition) is 4. The zero-order chi connectivity index (χ0) is 22.7. The molecule has 2 aromatic rings. The van der Waals surface area contributed by atoms with Gasteiger partial charge in [-0.3, -0.25) is 14.4 Å². The van der Waals surface area contributed by atoms with E-state index < -0.39 is 18.4 Å². The summed E-state index contributed by atoms with van der Waals surface area (Å²) in [6.45, 7) is 4.12. The predicted octanol–water partition coefficient (Wildman–Crippen LogP) is 2.43. The third-order valence-electron chi connectivity index (χ3n) is 6.38. The fourth-order valence-electron chi connectivity index (χ4n) is 4.97. The maximum atomic E-state index is 11.8. The number of aliphatic carboxylic acids is 2. The highest BCUT2D eigenvalue weighted by atomic mass is 16.4. The van der Waals surface area contributed by atoms with E-state index in [1.807, 2.05) is 0 Å². The van der Waals surface area contributed by atoms with Gasteiger partial charge in [0.25, 0.3) is 0 Å². The Kier molecular flexibility index (Phi) is 7.00. The number of benzene rings is 1. The number of carboxylic acid groups (broad SMARTS) is 2. The summed E-state index contributed by atoms with van der Waals surface area (Å²) in [5, 5.41) is 16.8. The van der Waals surface area contributed by atoms with Gasteiger partial charge in [0.15, 0.2) is 0 Å². The summed E-state index contributed by atoms with van der Waals surface area (Å²) in [7, 11) is 2.14. The molecule has 31 heavy (non-hydrogen) atoms. The van der Waals surface area contributed by atoms with Crippen molar-refractivity contribution in [1.82, 2.24) is 9.47 Å². The van der Waals surface area contributed by atoms with Crippen LogP contribution in [0.1, 0.15) is 49.7 Å². The number of likely N-dealkylation sites (N-methyl/N-ethyl adjacent to an activating group) is 1. The number of aromatic nitrogens is 1. The number of amides is 1. The molecule has 2 heterocycles. The molecule has 1 aromatic carbocycles. The molecular weight excluding hydrogens is 398 g/mol. The lowest BCUT2D eigenvalue weighted by Crippen LogP contribution is -2.50. The molecule has 2 aliphatic rings. The Morgan fingerprint density at radius 2 is 1.90 bits per heavy atom. The second-order valence-corrected chi connectivity index (χ2v) is 8.56. The highest BCUT2D eigenvalue weighted by Gasteiger charge is 2.41. The molecule has 1 saturated heterocycles. The van der Waals surface area contributed by atoms with Crippen molar-refractivity contribution in [2.45, 2.75) is 57.5 Å². The molecule has 1 aliphatic heterocycles. The zero-order valence-electron chi connectivity index (χ0n) is 18.1. The number of hydrogen-bond donors (Lipinski definition) is 3. The van der Waals surface area contributed by atoms with Crippen molar-refractivity contribution in [3.05, 3.63) is 35.5 Å². The normalized spacial score (nSPS) is 22.3. The first-order valence-electron chi connectivity index (χ1n) is 10.8. The molecule has 8 nitrogen and oxygen atoms in total. The first kappa shape index (κ1) is 22.8. The number of carbonyl (C=O) groups is 3. The van der Waals surface area contributed by atoms with Gasteiger partial charge in [-0.1, -0.05) is 25.5 Å². The van der Waals surface area contributed by atoms with Gasteiger partial charge in [0.1, 0.15) is 6.42 Å². The number of carboxylic acids is 2. The van der Waals surface area contributed by atoms with Crippen LogP contribution in [0.15, 0.2) is 24.4 Å².